The summed E-state index contributed by atoms with van der Waals surface area (Å²) >= 11 is 4.99. The lowest BCUT2D eigenvalue weighted by molar-refractivity contribution is -0.141. The Morgan fingerprint density at radius 1 is 1.53 bits per heavy atom. The standard InChI is InChI=1S/C11H10N2O3S/c14-10(7-2-1-3-12-5-7)13-6-8(17)4-9(13)11(15)16/h1-3,5,9H,4,6H2,(H,15,16)/t9-/m0/s1. The molecule has 2 heterocycles. The van der Waals surface area contributed by atoms with E-state index in [-0.39, 0.29) is 18.9 Å². The molecule has 88 valence electrons. The molecule has 6 heteroatoms. The Kier molecular flexibility index (Phi) is 3.14. The van der Waals surface area contributed by atoms with Crippen LogP contribution in [0.3, 0.4) is 0 Å². The number of aromatic nitrogens is 1. The van der Waals surface area contributed by atoms with Crippen LogP contribution in [0.5, 0.6) is 0 Å². The predicted molar refractivity (Wildman–Crippen MR) is 63.9 cm³/mol. The number of carbonyl (C=O) groups is 2. The van der Waals surface area contributed by atoms with Crippen molar-refractivity contribution in [3.05, 3.63) is 30.1 Å². The topological polar surface area (TPSA) is 70.5 Å². The predicted octanol–water partition coefficient (Wildman–Crippen LogP) is 0.751. The van der Waals surface area contributed by atoms with E-state index in [1.165, 1.54) is 11.1 Å². The number of pyridine rings is 1. The third kappa shape index (κ3) is 2.31. The van der Waals surface area contributed by atoms with Crippen LogP contribution in [0.15, 0.2) is 24.5 Å². The summed E-state index contributed by atoms with van der Waals surface area (Å²) in [7, 11) is 0. The molecule has 1 amide bonds. The molecule has 0 radical (unpaired) electrons. The maximum absolute atomic E-state index is 12.1. The van der Waals surface area contributed by atoms with Crippen molar-refractivity contribution in [3.63, 3.8) is 0 Å². The number of hydrogen-bond acceptors (Lipinski definition) is 4. The van der Waals surface area contributed by atoms with Gasteiger partial charge in [-0.25, -0.2) is 4.79 Å². The molecule has 0 saturated carbocycles. The number of thiocarbonyl (C=S) groups is 1. The zero-order valence-corrected chi connectivity index (χ0v) is 9.68. The van der Waals surface area contributed by atoms with Gasteiger partial charge in [-0.05, 0) is 12.1 Å². The zero-order valence-electron chi connectivity index (χ0n) is 8.87. The molecule has 1 N–H and O–H groups in total. The summed E-state index contributed by atoms with van der Waals surface area (Å²) in [5.74, 6) is -1.37. The smallest absolute Gasteiger partial charge is 0.326 e. The van der Waals surface area contributed by atoms with Gasteiger partial charge >= 0.3 is 5.97 Å². The van der Waals surface area contributed by atoms with E-state index in [1.807, 2.05) is 0 Å². The summed E-state index contributed by atoms with van der Waals surface area (Å²) < 4.78 is 0. The van der Waals surface area contributed by atoms with Crippen molar-refractivity contribution in [2.45, 2.75) is 12.5 Å². The van der Waals surface area contributed by atoms with Gasteiger partial charge in [-0.1, -0.05) is 12.2 Å². The molecule has 0 aromatic carbocycles. The molecule has 0 unspecified atom stereocenters. The fourth-order valence-corrected chi connectivity index (χ4v) is 2.08. The number of nitrogens with zero attached hydrogens (tertiary/aromatic N) is 2. The Balaban J connectivity index is 2.25. The lowest BCUT2D eigenvalue weighted by atomic mass is 10.2. The largest absolute Gasteiger partial charge is 0.480 e. The molecule has 1 aromatic rings. The highest BCUT2D eigenvalue weighted by molar-refractivity contribution is 7.80. The van der Waals surface area contributed by atoms with E-state index >= 15 is 0 Å². The fourth-order valence-electron chi connectivity index (χ4n) is 1.78. The van der Waals surface area contributed by atoms with Crippen LogP contribution < -0.4 is 0 Å². The van der Waals surface area contributed by atoms with Gasteiger partial charge in [0.2, 0.25) is 0 Å². The molecule has 1 aromatic heterocycles. The van der Waals surface area contributed by atoms with E-state index in [0.717, 1.165) is 0 Å². The second-order valence-corrected chi connectivity index (χ2v) is 4.35. The van der Waals surface area contributed by atoms with Crippen LogP contribution in [0.25, 0.3) is 0 Å². The number of amides is 1. The van der Waals surface area contributed by atoms with Crippen molar-refractivity contribution >= 4 is 29.0 Å². The van der Waals surface area contributed by atoms with Gasteiger partial charge in [-0.3, -0.25) is 9.78 Å². The minimum absolute atomic E-state index is 0.222. The maximum atomic E-state index is 12.1. The number of likely N-dealkylation sites (tertiary alicyclic amines) is 1. The maximum Gasteiger partial charge on any atom is 0.326 e. The summed E-state index contributed by atoms with van der Waals surface area (Å²) in [5.41, 5.74) is 0.378. The Hall–Kier alpha value is -1.82. The molecule has 2 rings (SSSR count). The van der Waals surface area contributed by atoms with Gasteiger partial charge in [-0.15, -0.1) is 0 Å². The Bertz CT molecular complexity index is 475. The van der Waals surface area contributed by atoms with Crippen LogP contribution >= 0.6 is 12.2 Å². The first-order valence-corrected chi connectivity index (χ1v) is 5.46. The van der Waals surface area contributed by atoms with Crippen LogP contribution in [0.1, 0.15) is 16.8 Å². The second kappa shape index (κ2) is 4.58. The molecule has 0 bridgehead atoms. The summed E-state index contributed by atoms with van der Waals surface area (Å²) in [6.07, 6.45) is 3.22. The second-order valence-electron chi connectivity index (χ2n) is 3.77. The first-order chi connectivity index (χ1) is 8.09. The normalized spacial score (nSPS) is 19.4. The lowest BCUT2D eigenvalue weighted by Crippen LogP contribution is -2.40. The number of carbonyl (C=O) groups excluding carboxylic acids is 1. The van der Waals surface area contributed by atoms with Crippen LogP contribution in [-0.2, 0) is 4.79 Å². The number of carboxylic acid groups (broad SMARTS) is 1. The van der Waals surface area contributed by atoms with Crippen LogP contribution in [-0.4, -0.2) is 44.3 Å². The molecular formula is C11H10N2O3S. The molecule has 1 aliphatic rings. The minimum atomic E-state index is -1.03. The highest BCUT2D eigenvalue weighted by Gasteiger charge is 2.37. The van der Waals surface area contributed by atoms with Gasteiger partial charge in [0.25, 0.3) is 5.91 Å². The highest BCUT2D eigenvalue weighted by Crippen LogP contribution is 2.18. The molecular weight excluding hydrogens is 240 g/mol. The summed E-state index contributed by atoms with van der Waals surface area (Å²) in [4.78, 5) is 28.8. The molecule has 5 nitrogen and oxygen atoms in total. The van der Waals surface area contributed by atoms with Gasteiger partial charge < -0.3 is 10.0 Å². The molecule has 0 spiro atoms. The monoisotopic (exact) mass is 250 g/mol. The van der Waals surface area contributed by atoms with Gasteiger partial charge in [0.15, 0.2) is 0 Å². The highest BCUT2D eigenvalue weighted by atomic mass is 32.1. The van der Waals surface area contributed by atoms with Gasteiger partial charge in [-0.2, -0.15) is 0 Å². The summed E-state index contributed by atoms with van der Waals surface area (Å²) in [6, 6.07) is 2.39. The Morgan fingerprint density at radius 3 is 2.88 bits per heavy atom. The molecule has 1 atom stereocenters. The SMILES string of the molecule is O=C(O)[C@@H]1CC(=S)CN1C(=O)c1cccnc1. The van der Waals surface area contributed by atoms with Crippen molar-refractivity contribution in [2.24, 2.45) is 0 Å². The van der Waals surface area contributed by atoms with Gasteiger partial charge in [0.05, 0.1) is 12.1 Å². The minimum Gasteiger partial charge on any atom is -0.480 e. The van der Waals surface area contributed by atoms with E-state index in [1.54, 1.807) is 18.3 Å². The van der Waals surface area contributed by atoms with Crippen molar-refractivity contribution < 1.29 is 14.7 Å². The van der Waals surface area contributed by atoms with E-state index in [4.69, 9.17) is 17.3 Å². The number of carboxylic acids is 1. The third-order valence-electron chi connectivity index (χ3n) is 2.60. The Morgan fingerprint density at radius 2 is 2.29 bits per heavy atom. The van der Waals surface area contributed by atoms with Crippen molar-refractivity contribution in [1.82, 2.24) is 9.88 Å². The number of rotatable bonds is 2. The van der Waals surface area contributed by atoms with Crippen LogP contribution in [0.2, 0.25) is 0 Å². The number of aliphatic carboxylic acids is 1. The first-order valence-electron chi connectivity index (χ1n) is 5.05. The first kappa shape index (κ1) is 11.7. The average molecular weight is 250 g/mol. The molecule has 0 aliphatic carbocycles. The van der Waals surface area contributed by atoms with Crippen molar-refractivity contribution in [1.29, 1.82) is 0 Å². The average Bonchev–Trinajstić information content (AvgIpc) is 2.72. The van der Waals surface area contributed by atoms with Crippen molar-refractivity contribution in [2.75, 3.05) is 6.54 Å². The Labute approximate surface area is 103 Å². The van der Waals surface area contributed by atoms with E-state index < -0.39 is 12.0 Å². The van der Waals surface area contributed by atoms with E-state index in [0.29, 0.717) is 10.4 Å². The molecule has 1 aliphatic heterocycles. The molecule has 1 saturated heterocycles. The molecule has 17 heavy (non-hydrogen) atoms. The lowest BCUT2D eigenvalue weighted by Gasteiger charge is -2.20. The van der Waals surface area contributed by atoms with E-state index in [2.05, 4.69) is 4.98 Å². The van der Waals surface area contributed by atoms with E-state index in [9.17, 15) is 9.59 Å². The number of hydrogen-bond donors (Lipinski definition) is 1. The van der Waals surface area contributed by atoms with Crippen molar-refractivity contribution in [3.8, 4) is 0 Å². The molecule has 1 fully saturated rings. The quantitative estimate of drug-likeness (QED) is 0.784. The fraction of sp³-hybridized carbons (Fsp3) is 0.273. The van der Waals surface area contributed by atoms with Gasteiger partial charge in [0, 0.05) is 23.7 Å². The summed E-state index contributed by atoms with van der Waals surface area (Å²) in [5, 5.41) is 9.03. The van der Waals surface area contributed by atoms with Gasteiger partial charge in [0.1, 0.15) is 6.04 Å². The third-order valence-corrected chi connectivity index (χ3v) is 2.89. The zero-order chi connectivity index (χ0) is 12.4. The summed E-state index contributed by atoms with van der Waals surface area (Å²) in [6.45, 7) is 0.222. The van der Waals surface area contributed by atoms with Crippen LogP contribution in [0, 0.1) is 0 Å². The van der Waals surface area contributed by atoms with Crippen LogP contribution in [0.4, 0.5) is 0 Å².